The fraction of sp³-hybridized carbons (Fsp3) is 0. The average molecular weight is 392 g/mol. The SMILES string of the molecule is O=C(Nc1nc(=Nc2ccccc2)ss1)c1ccc(Br)cc1. The van der Waals surface area contributed by atoms with Gasteiger partial charge >= 0.3 is 0 Å². The fourth-order valence-electron chi connectivity index (χ4n) is 1.68. The summed E-state index contributed by atoms with van der Waals surface area (Å²) in [6.07, 6.45) is 0. The van der Waals surface area contributed by atoms with Crippen LogP contribution < -0.4 is 10.1 Å². The van der Waals surface area contributed by atoms with Gasteiger partial charge < -0.3 is 0 Å². The molecule has 1 heterocycles. The van der Waals surface area contributed by atoms with E-state index in [2.05, 4.69) is 31.2 Å². The molecule has 0 aliphatic rings. The van der Waals surface area contributed by atoms with Gasteiger partial charge in [-0.2, -0.15) is 4.98 Å². The number of nitrogens with zero attached hydrogens (tertiary/aromatic N) is 2. The highest BCUT2D eigenvalue weighted by Gasteiger charge is 2.08. The van der Waals surface area contributed by atoms with E-state index in [1.807, 2.05) is 42.5 Å². The monoisotopic (exact) mass is 391 g/mol. The number of anilines is 1. The molecule has 4 nitrogen and oxygen atoms in total. The summed E-state index contributed by atoms with van der Waals surface area (Å²) in [7, 11) is 2.82. The zero-order valence-electron chi connectivity index (χ0n) is 11.2. The highest BCUT2D eigenvalue weighted by Crippen LogP contribution is 2.17. The standard InChI is InChI=1S/C15H10BrN3OS2/c16-11-8-6-10(7-9-11)13(20)18-15-19-14(21-22-15)17-12-4-2-1-3-5-12/h1-9H,(H,17,18,19,20). The number of para-hydroxylation sites is 1. The van der Waals surface area contributed by atoms with Crippen LogP contribution in [0, 0.1) is 0 Å². The van der Waals surface area contributed by atoms with Crippen molar-refractivity contribution in [3.05, 3.63) is 69.4 Å². The number of halogens is 1. The van der Waals surface area contributed by atoms with Crippen LogP contribution in [0.1, 0.15) is 10.4 Å². The molecule has 0 unspecified atom stereocenters. The molecule has 22 heavy (non-hydrogen) atoms. The largest absolute Gasteiger partial charge is 0.297 e. The van der Waals surface area contributed by atoms with Crippen molar-refractivity contribution in [3.63, 3.8) is 0 Å². The maximum Gasteiger partial charge on any atom is 0.257 e. The van der Waals surface area contributed by atoms with Crippen LogP contribution in [0.4, 0.5) is 10.8 Å². The Labute approximate surface area is 142 Å². The van der Waals surface area contributed by atoms with Gasteiger partial charge in [0.15, 0.2) is 0 Å². The second-order valence-corrected chi connectivity index (χ2v) is 7.28. The van der Waals surface area contributed by atoms with E-state index in [9.17, 15) is 4.79 Å². The molecule has 1 aromatic heterocycles. The molecule has 3 rings (SSSR count). The summed E-state index contributed by atoms with van der Waals surface area (Å²) in [4.78, 5) is 21.5. The Morgan fingerprint density at radius 1 is 1.05 bits per heavy atom. The number of aromatic nitrogens is 1. The van der Waals surface area contributed by atoms with Crippen molar-refractivity contribution in [1.29, 1.82) is 0 Å². The van der Waals surface area contributed by atoms with Crippen LogP contribution in [0.15, 0.2) is 64.1 Å². The fourth-order valence-corrected chi connectivity index (χ4v) is 3.60. The molecule has 1 amide bonds. The van der Waals surface area contributed by atoms with Crippen LogP contribution >= 0.6 is 36.6 Å². The van der Waals surface area contributed by atoms with Crippen LogP contribution in [0.25, 0.3) is 0 Å². The molecule has 0 aliphatic carbocycles. The Morgan fingerprint density at radius 2 is 1.77 bits per heavy atom. The van der Waals surface area contributed by atoms with E-state index >= 15 is 0 Å². The summed E-state index contributed by atoms with van der Waals surface area (Å²) in [5, 5.41) is 3.34. The van der Waals surface area contributed by atoms with Crippen molar-refractivity contribution in [3.8, 4) is 0 Å². The Hall–Kier alpha value is -1.83. The number of carbonyl (C=O) groups excluding carboxylic acids is 1. The third kappa shape index (κ3) is 3.88. The van der Waals surface area contributed by atoms with Gasteiger partial charge in [-0.05, 0) is 57.1 Å². The molecule has 0 saturated heterocycles. The predicted octanol–water partition coefficient (Wildman–Crippen LogP) is 4.45. The molecule has 7 heteroatoms. The molecule has 0 aliphatic heterocycles. The maximum atomic E-state index is 12.1. The molecule has 0 radical (unpaired) electrons. The number of hydrogen-bond donors (Lipinski definition) is 1. The summed E-state index contributed by atoms with van der Waals surface area (Å²) >= 11 is 3.34. The van der Waals surface area contributed by atoms with Gasteiger partial charge in [0.05, 0.1) is 5.69 Å². The maximum absolute atomic E-state index is 12.1. The lowest BCUT2D eigenvalue weighted by Gasteiger charge is -2.00. The molecule has 0 atom stereocenters. The van der Waals surface area contributed by atoms with Crippen LogP contribution in [-0.2, 0) is 0 Å². The molecule has 2 aromatic carbocycles. The van der Waals surface area contributed by atoms with Crippen molar-refractivity contribution in [2.45, 2.75) is 0 Å². The van der Waals surface area contributed by atoms with Crippen molar-refractivity contribution in [2.24, 2.45) is 4.99 Å². The summed E-state index contributed by atoms with van der Waals surface area (Å²) < 4.78 is 0.935. The smallest absolute Gasteiger partial charge is 0.257 e. The number of carbonyl (C=O) groups is 1. The second-order valence-electron chi connectivity index (χ2n) is 4.27. The van der Waals surface area contributed by atoms with Crippen molar-refractivity contribution >= 4 is 53.3 Å². The quantitative estimate of drug-likeness (QED) is 0.670. The van der Waals surface area contributed by atoms with Crippen LogP contribution in [0.2, 0.25) is 0 Å². The topological polar surface area (TPSA) is 54.4 Å². The zero-order valence-corrected chi connectivity index (χ0v) is 14.4. The number of benzene rings is 2. The molecule has 110 valence electrons. The first-order chi connectivity index (χ1) is 10.7. The first-order valence-electron chi connectivity index (χ1n) is 6.34. The summed E-state index contributed by atoms with van der Waals surface area (Å²) in [5.74, 6) is -0.180. The van der Waals surface area contributed by atoms with Gasteiger partial charge in [-0.3, -0.25) is 10.1 Å². The molecular formula is C15H10BrN3OS2. The zero-order chi connectivity index (χ0) is 15.4. The molecule has 0 saturated carbocycles. The first kappa shape index (κ1) is 15.1. The Bertz CT molecular complexity index is 841. The van der Waals surface area contributed by atoms with E-state index in [0.717, 1.165) is 10.2 Å². The van der Waals surface area contributed by atoms with Crippen LogP contribution in [0.5, 0.6) is 0 Å². The van der Waals surface area contributed by atoms with E-state index in [1.165, 1.54) is 20.7 Å². The minimum atomic E-state index is -0.180. The van der Waals surface area contributed by atoms with Gasteiger partial charge in [0.25, 0.3) is 5.91 Å². The molecule has 0 bridgehead atoms. The average Bonchev–Trinajstić information content (AvgIpc) is 2.96. The van der Waals surface area contributed by atoms with E-state index < -0.39 is 0 Å². The van der Waals surface area contributed by atoms with Gasteiger partial charge in [0.2, 0.25) is 9.93 Å². The molecular weight excluding hydrogens is 382 g/mol. The molecule has 1 N–H and O–H groups in total. The third-order valence-electron chi connectivity index (χ3n) is 2.70. The van der Waals surface area contributed by atoms with Gasteiger partial charge in [-0.15, -0.1) is 0 Å². The second kappa shape index (κ2) is 6.95. The Morgan fingerprint density at radius 3 is 2.50 bits per heavy atom. The number of nitrogens with one attached hydrogen (secondary N) is 1. The summed E-state index contributed by atoms with van der Waals surface area (Å²) in [6, 6.07) is 16.8. The number of hydrogen-bond acceptors (Lipinski definition) is 5. The third-order valence-corrected chi connectivity index (χ3v) is 5.17. The Balaban J connectivity index is 1.76. The number of rotatable bonds is 3. The minimum Gasteiger partial charge on any atom is -0.297 e. The minimum absolute atomic E-state index is 0.180. The van der Waals surface area contributed by atoms with Gasteiger partial charge in [0, 0.05) is 10.0 Å². The van der Waals surface area contributed by atoms with E-state index in [1.54, 1.807) is 12.1 Å². The lowest BCUT2D eigenvalue weighted by Crippen LogP contribution is -2.12. The van der Waals surface area contributed by atoms with Gasteiger partial charge in [-0.1, -0.05) is 34.1 Å². The molecule has 3 aromatic rings. The van der Waals surface area contributed by atoms with E-state index in [4.69, 9.17) is 0 Å². The van der Waals surface area contributed by atoms with Crippen molar-refractivity contribution < 1.29 is 4.79 Å². The van der Waals surface area contributed by atoms with Crippen molar-refractivity contribution in [2.75, 3.05) is 5.32 Å². The number of amides is 1. The Kier molecular flexibility index (Phi) is 4.77. The highest BCUT2D eigenvalue weighted by molar-refractivity contribution is 9.10. The van der Waals surface area contributed by atoms with E-state index in [-0.39, 0.29) is 5.91 Å². The first-order valence-corrected chi connectivity index (χ1v) is 9.29. The summed E-state index contributed by atoms with van der Waals surface area (Å²) in [6.45, 7) is 0. The lowest BCUT2D eigenvalue weighted by atomic mass is 10.2. The van der Waals surface area contributed by atoms with Gasteiger partial charge in [-0.25, -0.2) is 4.99 Å². The molecule has 0 spiro atoms. The molecule has 0 fully saturated rings. The normalized spacial score (nSPS) is 11.4. The van der Waals surface area contributed by atoms with E-state index in [0.29, 0.717) is 15.5 Å². The highest BCUT2D eigenvalue weighted by atomic mass is 79.9. The van der Waals surface area contributed by atoms with Gasteiger partial charge in [0.1, 0.15) is 0 Å². The van der Waals surface area contributed by atoms with Crippen LogP contribution in [-0.4, -0.2) is 10.9 Å². The lowest BCUT2D eigenvalue weighted by molar-refractivity contribution is 0.102. The predicted molar refractivity (Wildman–Crippen MR) is 93.8 cm³/mol. The summed E-state index contributed by atoms with van der Waals surface area (Å²) in [5.41, 5.74) is 1.43. The van der Waals surface area contributed by atoms with Crippen molar-refractivity contribution in [1.82, 2.24) is 4.98 Å². The van der Waals surface area contributed by atoms with Crippen LogP contribution in [0.3, 0.4) is 0 Å².